The molecule has 0 heterocycles. The summed E-state index contributed by atoms with van der Waals surface area (Å²) in [5, 5.41) is 0.302. The van der Waals surface area contributed by atoms with Crippen molar-refractivity contribution in [2.75, 3.05) is 6.61 Å². The van der Waals surface area contributed by atoms with E-state index in [1.165, 1.54) is 35.1 Å². The predicted molar refractivity (Wildman–Crippen MR) is 111 cm³/mol. The van der Waals surface area contributed by atoms with E-state index in [0.717, 1.165) is 13.0 Å². The first-order valence-corrected chi connectivity index (χ1v) is 12.5. The fourth-order valence-electron chi connectivity index (χ4n) is 3.57. The average molecular weight is 353 g/mol. The molecule has 2 aromatic rings. The molecule has 0 fully saturated rings. The smallest absolute Gasteiger partial charge is 0.191 e. The quantitative estimate of drug-likeness (QED) is 0.402. The SMILES string of the molecule is CC(C)(C)[Si](C)(C)OCCCCC1c2ccccc2-c2ccccc21. The van der Waals surface area contributed by atoms with E-state index >= 15 is 0 Å². The summed E-state index contributed by atoms with van der Waals surface area (Å²) < 4.78 is 6.34. The van der Waals surface area contributed by atoms with Gasteiger partial charge in [-0.05, 0) is 53.2 Å². The normalized spacial score (nSPS) is 14.4. The van der Waals surface area contributed by atoms with Gasteiger partial charge in [-0.25, -0.2) is 0 Å². The molecule has 0 aromatic heterocycles. The van der Waals surface area contributed by atoms with Gasteiger partial charge in [0.2, 0.25) is 0 Å². The Balaban J connectivity index is 1.59. The fraction of sp³-hybridized carbons (Fsp3) is 0.478. The van der Waals surface area contributed by atoms with Crippen LogP contribution in [0, 0.1) is 0 Å². The lowest BCUT2D eigenvalue weighted by molar-refractivity contribution is 0.277. The van der Waals surface area contributed by atoms with Crippen LogP contribution >= 0.6 is 0 Å². The largest absolute Gasteiger partial charge is 0.417 e. The van der Waals surface area contributed by atoms with Gasteiger partial charge in [-0.3, -0.25) is 0 Å². The molecular weight excluding hydrogens is 320 g/mol. The van der Waals surface area contributed by atoms with Crippen LogP contribution in [0.1, 0.15) is 57.1 Å². The van der Waals surface area contributed by atoms with E-state index in [1.54, 1.807) is 0 Å². The minimum absolute atomic E-state index is 0.302. The van der Waals surface area contributed by atoms with Gasteiger partial charge in [0.05, 0.1) is 0 Å². The van der Waals surface area contributed by atoms with Gasteiger partial charge >= 0.3 is 0 Å². The monoisotopic (exact) mass is 352 g/mol. The Kier molecular flexibility index (Phi) is 5.22. The molecule has 0 saturated heterocycles. The van der Waals surface area contributed by atoms with Crippen LogP contribution in [-0.2, 0) is 4.43 Å². The molecule has 0 radical (unpaired) electrons. The maximum absolute atomic E-state index is 6.34. The maximum atomic E-state index is 6.34. The average Bonchev–Trinajstić information content (AvgIpc) is 2.88. The van der Waals surface area contributed by atoms with E-state index in [4.69, 9.17) is 4.43 Å². The Morgan fingerprint density at radius 2 is 1.36 bits per heavy atom. The second kappa shape index (κ2) is 7.09. The fourth-order valence-corrected chi connectivity index (χ4v) is 4.65. The molecule has 2 heteroatoms. The predicted octanol–water partition coefficient (Wildman–Crippen LogP) is 6.99. The lowest BCUT2D eigenvalue weighted by Crippen LogP contribution is -2.40. The van der Waals surface area contributed by atoms with Crippen LogP contribution < -0.4 is 0 Å². The highest BCUT2D eigenvalue weighted by molar-refractivity contribution is 6.74. The summed E-state index contributed by atoms with van der Waals surface area (Å²) in [6.45, 7) is 12.5. The molecule has 1 nitrogen and oxygen atoms in total. The van der Waals surface area contributed by atoms with Crippen molar-refractivity contribution in [2.45, 2.75) is 64.1 Å². The molecule has 134 valence electrons. The zero-order chi connectivity index (χ0) is 18.1. The first-order chi connectivity index (χ1) is 11.8. The van der Waals surface area contributed by atoms with E-state index < -0.39 is 8.32 Å². The van der Waals surface area contributed by atoms with Gasteiger partial charge in [0.1, 0.15) is 0 Å². The molecule has 0 unspecified atom stereocenters. The molecule has 1 aliphatic rings. The topological polar surface area (TPSA) is 9.23 Å². The third-order valence-corrected chi connectivity index (χ3v) is 10.7. The minimum Gasteiger partial charge on any atom is -0.417 e. The van der Waals surface area contributed by atoms with Crippen molar-refractivity contribution in [3.8, 4) is 11.1 Å². The number of rotatable bonds is 6. The minimum atomic E-state index is -1.60. The van der Waals surface area contributed by atoms with Gasteiger partial charge in [-0.15, -0.1) is 0 Å². The molecule has 1 aliphatic carbocycles. The lowest BCUT2D eigenvalue weighted by atomic mass is 9.92. The molecule has 0 atom stereocenters. The van der Waals surface area contributed by atoms with Crippen LogP contribution in [0.25, 0.3) is 11.1 Å². The van der Waals surface area contributed by atoms with Gasteiger partial charge in [0.25, 0.3) is 0 Å². The number of unbranched alkanes of at least 4 members (excludes halogenated alkanes) is 1. The van der Waals surface area contributed by atoms with Crippen molar-refractivity contribution in [2.24, 2.45) is 0 Å². The first kappa shape index (κ1) is 18.4. The van der Waals surface area contributed by atoms with Gasteiger partial charge in [0, 0.05) is 12.5 Å². The summed E-state index contributed by atoms with van der Waals surface area (Å²) in [5.41, 5.74) is 5.88. The highest BCUT2D eigenvalue weighted by Crippen LogP contribution is 2.46. The summed E-state index contributed by atoms with van der Waals surface area (Å²) in [4.78, 5) is 0. The number of fused-ring (bicyclic) bond motifs is 3. The lowest BCUT2D eigenvalue weighted by Gasteiger charge is -2.36. The Morgan fingerprint density at radius 1 is 0.840 bits per heavy atom. The molecule has 3 rings (SSSR count). The van der Waals surface area contributed by atoms with E-state index in [1.807, 2.05) is 0 Å². The summed E-state index contributed by atoms with van der Waals surface area (Å²) in [6.07, 6.45) is 3.60. The van der Waals surface area contributed by atoms with Gasteiger partial charge in [-0.2, -0.15) is 0 Å². The van der Waals surface area contributed by atoms with Crippen molar-refractivity contribution in [3.63, 3.8) is 0 Å². The Bertz CT molecular complexity index is 681. The van der Waals surface area contributed by atoms with Crippen LogP contribution in [0.4, 0.5) is 0 Å². The van der Waals surface area contributed by atoms with Crippen molar-refractivity contribution in [1.29, 1.82) is 0 Å². The number of benzene rings is 2. The Labute approximate surface area is 154 Å². The van der Waals surface area contributed by atoms with Crippen LogP contribution in [0.3, 0.4) is 0 Å². The van der Waals surface area contributed by atoms with Crippen LogP contribution in [0.5, 0.6) is 0 Å². The molecular formula is C23H32OSi. The van der Waals surface area contributed by atoms with Crippen molar-refractivity contribution in [3.05, 3.63) is 59.7 Å². The standard InChI is InChI=1S/C23H32OSi/c1-23(2,3)25(4,5)24-17-11-10-16-22-20-14-8-6-12-18(20)19-13-7-9-15-21(19)22/h6-9,12-15,22H,10-11,16-17H2,1-5H3. The zero-order valence-electron chi connectivity index (χ0n) is 16.4. The summed E-state index contributed by atoms with van der Waals surface area (Å²) in [6, 6.07) is 17.8. The Morgan fingerprint density at radius 3 is 1.88 bits per heavy atom. The van der Waals surface area contributed by atoms with Crippen LogP contribution in [0.2, 0.25) is 18.1 Å². The number of hydrogen-bond donors (Lipinski definition) is 0. The molecule has 0 spiro atoms. The van der Waals surface area contributed by atoms with E-state index in [9.17, 15) is 0 Å². The van der Waals surface area contributed by atoms with E-state index in [-0.39, 0.29) is 0 Å². The van der Waals surface area contributed by atoms with Crippen LogP contribution in [-0.4, -0.2) is 14.9 Å². The molecule has 0 saturated carbocycles. The summed E-state index contributed by atoms with van der Waals surface area (Å²) >= 11 is 0. The summed E-state index contributed by atoms with van der Waals surface area (Å²) in [5.74, 6) is 0.556. The highest BCUT2D eigenvalue weighted by atomic mass is 28.4. The van der Waals surface area contributed by atoms with Gasteiger partial charge in [0.15, 0.2) is 8.32 Å². The molecule has 25 heavy (non-hydrogen) atoms. The third-order valence-electron chi connectivity index (χ3n) is 6.12. The zero-order valence-corrected chi connectivity index (χ0v) is 17.4. The maximum Gasteiger partial charge on any atom is 0.191 e. The summed E-state index contributed by atoms with van der Waals surface area (Å²) in [7, 11) is -1.60. The first-order valence-electron chi connectivity index (χ1n) is 9.63. The second-order valence-electron chi connectivity index (χ2n) is 8.83. The van der Waals surface area contributed by atoms with Crippen LogP contribution in [0.15, 0.2) is 48.5 Å². The van der Waals surface area contributed by atoms with E-state index in [0.29, 0.717) is 11.0 Å². The highest BCUT2D eigenvalue weighted by Gasteiger charge is 2.36. The van der Waals surface area contributed by atoms with Gasteiger partial charge in [-0.1, -0.05) is 75.7 Å². The van der Waals surface area contributed by atoms with Crippen molar-refractivity contribution in [1.82, 2.24) is 0 Å². The second-order valence-corrected chi connectivity index (χ2v) is 13.6. The van der Waals surface area contributed by atoms with Gasteiger partial charge < -0.3 is 4.43 Å². The molecule has 2 aromatic carbocycles. The molecule has 0 N–H and O–H groups in total. The molecule has 0 bridgehead atoms. The molecule has 0 amide bonds. The molecule has 0 aliphatic heterocycles. The van der Waals surface area contributed by atoms with Crippen molar-refractivity contribution >= 4 is 8.32 Å². The Hall–Kier alpha value is -1.38. The van der Waals surface area contributed by atoms with E-state index in [2.05, 4.69) is 82.4 Å². The van der Waals surface area contributed by atoms with Crippen molar-refractivity contribution < 1.29 is 4.43 Å². The third kappa shape index (κ3) is 3.75. The number of hydrogen-bond acceptors (Lipinski definition) is 1.